The third-order valence-corrected chi connectivity index (χ3v) is 5.47. The number of para-hydroxylation sites is 1. The minimum Gasteiger partial charge on any atom is -0.342 e. The Hall–Kier alpha value is -2.76. The van der Waals surface area contributed by atoms with Crippen molar-refractivity contribution in [2.45, 2.75) is 25.8 Å². The molecule has 6 heteroatoms. The van der Waals surface area contributed by atoms with Gasteiger partial charge in [-0.05, 0) is 31.9 Å². The van der Waals surface area contributed by atoms with Crippen LogP contribution in [0, 0.1) is 0 Å². The zero-order chi connectivity index (χ0) is 18.6. The Kier molecular flexibility index (Phi) is 3.79. The van der Waals surface area contributed by atoms with Crippen LogP contribution in [0.25, 0.3) is 21.9 Å². The molecule has 1 saturated heterocycles. The largest absolute Gasteiger partial charge is 0.342 e. The van der Waals surface area contributed by atoms with Gasteiger partial charge in [-0.2, -0.15) is 0 Å². The molecule has 136 valence electrons. The van der Waals surface area contributed by atoms with Gasteiger partial charge in [-0.1, -0.05) is 18.2 Å². The SMILES string of the molecule is C[C@@H]1CCCN1C(=O)c1cc2c(c3ccccc3n2C)n1C(=O)N(C)C. The molecule has 2 amide bonds. The van der Waals surface area contributed by atoms with Crippen LogP contribution in [0.2, 0.25) is 0 Å². The van der Waals surface area contributed by atoms with Gasteiger partial charge in [0.2, 0.25) is 0 Å². The number of hydrogen-bond donors (Lipinski definition) is 0. The molecule has 3 aromatic rings. The number of benzene rings is 1. The van der Waals surface area contributed by atoms with Gasteiger partial charge in [-0.25, -0.2) is 4.79 Å². The molecule has 6 nitrogen and oxygen atoms in total. The fraction of sp³-hybridized carbons (Fsp3) is 0.400. The fourth-order valence-corrected chi connectivity index (χ4v) is 4.05. The first-order chi connectivity index (χ1) is 12.4. The quantitative estimate of drug-likeness (QED) is 0.675. The van der Waals surface area contributed by atoms with E-state index in [1.54, 1.807) is 18.7 Å². The topological polar surface area (TPSA) is 50.5 Å². The average Bonchev–Trinajstić information content (AvgIpc) is 3.29. The number of rotatable bonds is 1. The summed E-state index contributed by atoms with van der Waals surface area (Å²) in [6.07, 6.45) is 2.02. The van der Waals surface area contributed by atoms with Gasteiger partial charge in [0, 0.05) is 39.1 Å². The number of nitrogens with zero attached hydrogens (tertiary/aromatic N) is 4. The van der Waals surface area contributed by atoms with Gasteiger partial charge in [-0.3, -0.25) is 9.36 Å². The van der Waals surface area contributed by atoms with Crippen molar-refractivity contribution >= 4 is 33.9 Å². The Balaban J connectivity index is 2.01. The Morgan fingerprint density at radius 3 is 2.54 bits per heavy atom. The van der Waals surface area contributed by atoms with Crippen molar-refractivity contribution in [3.63, 3.8) is 0 Å². The van der Waals surface area contributed by atoms with Crippen molar-refractivity contribution < 1.29 is 9.59 Å². The lowest BCUT2D eigenvalue weighted by molar-refractivity contribution is 0.0737. The summed E-state index contributed by atoms with van der Waals surface area (Å²) in [4.78, 5) is 29.7. The first-order valence-corrected chi connectivity index (χ1v) is 9.03. The lowest BCUT2D eigenvalue weighted by atomic mass is 10.2. The summed E-state index contributed by atoms with van der Waals surface area (Å²) in [5.41, 5.74) is 3.20. The number of carbonyl (C=O) groups is 2. The van der Waals surface area contributed by atoms with E-state index in [0.717, 1.165) is 41.3 Å². The van der Waals surface area contributed by atoms with Crippen LogP contribution in [-0.2, 0) is 7.05 Å². The highest BCUT2D eigenvalue weighted by molar-refractivity contribution is 6.14. The number of carbonyl (C=O) groups excluding carboxylic acids is 2. The second kappa shape index (κ2) is 5.90. The second-order valence-corrected chi connectivity index (χ2v) is 7.34. The van der Waals surface area contributed by atoms with Crippen LogP contribution in [0.1, 0.15) is 30.3 Å². The highest BCUT2D eigenvalue weighted by Gasteiger charge is 2.32. The van der Waals surface area contributed by atoms with E-state index in [1.165, 1.54) is 4.90 Å². The molecular formula is C20H24N4O2. The molecule has 0 aliphatic carbocycles. The molecule has 1 aliphatic heterocycles. The van der Waals surface area contributed by atoms with Gasteiger partial charge in [0.15, 0.2) is 0 Å². The maximum absolute atomic E-state index is 13.2. The van der Waals surface area contributed by atoms with Crippen LogP contribution in [0.4, 0.5) is 4.79 Å². The van der Waals surface area contributed by atoms with Crippen molar-refractivity contribution in [3.05, 3.63) is 36.0 Å². The third kappa shape index (κ3) is 2.25. The first kappa shape index (κ1) is 16.7. The van der Waals surface area contributed by atoms with Crippen molar-refractivity contribution in [3.8, 4) is 0 Å². The predicted octanol–water partition coefficient (Wildman–Crippen LogP) is 3.29. The van der Waals surface area contributed by atoms with Crippen LogP contribution in [0.15, 0.2) is 30.3 Å². The molecule has 0 N–H and O–H groups in total. The minimum absolute atomic E-state index is 0.0644. The average molecular weight is 352 g/mol. The predicted molar refractivity (Wildman–Crippen MR) is 103 cm³/mol. The summed E-state index contributed by atoms with van der Waals surface area (Å²) in [6, 6.07) is 9.85. The molecule has 4 rings (SSSR count). The Labute approximate surface area is 152 Å². The molecule has 2 aromatic heterocycles. The van der Waals surface area contributed by atoms with E-state index in [9.17, 15) is 9.59 Å². The zero-order valence-electron chi connectivity index (χ0n) is 15.7. The molecule has 1 atom stereocenters. The smallest absolute Gasteiger partial charge is 0.328 e. The van der Waals surface area contributed by atoms with Crippen LogP contribution >= 0.6 is 0 Å². The maximum Gasteiger partial charge on any atom is 0.328 e. The summed E-state index contributed by atoms with van der Waals surface area (Å²) >= 11 is 0. The summed E-state index contributed by atoms with van der Waals surface area (Å²) in [7, 11) is 5.40. The number of aryl methyl sites for hydroxylation is 1. The molecular weight excluding hydrogens is 328 g/mol. The van der Waals surface area contributed by atoms with Gasteiger partial charge in [0.1, 0.15) is 5.69 Å². The molecule has 0 unspecified atom stereocenters. The standard InChI is InChI=1S/C20H24N4O2/c1-13-8-7-11-23(13)19(25)17-12-16-18(24(17)20(26)21(2)3)14-9-5-6-10-15(14)22(16)4/h5-6,9-10,12-13H,7-8,11H2,1-4H3/t13-/m1/s1. The van der Waals surface area contributed by atoms with Crippen molar-refractivity contribution in [2.75, 3.05) is 20.6 Å². The van der Waals surface area contributed by atoms with Gasteiger partial charge in [-0.15, -0.1) is 0 Å². The Morgan fingerprint density at radius 1 is 1.15 bits per heavy atom. The Bertz CT molecular complexity index is 1030. The van der Waals surface area contributed by atoms with E-state index in [4.69, 9.17) is 0 Å². The fourth-order valence-electron chi connectivity index (χ4n) is 4.05. The summed E-state index contributed by atoms with van der Waals surface area (Å²) in [5.74, 6) is -0.0644. The van der Waals surface area contributed by atoms with E-state index in [0.29, 0.717) is 5.69 Å². The van der Waals surface area contributed by atoms with Gasteiger partial charge in [0.05, 0.1) is 16.6 Å². The second-order valence-electron chi connectivity index (χ2n) is 7.34. The van der Waals surface area contributed by atoms with E-state index >= 15 is 0 Å². The van der Waals surface area contributed by atoms with E-state index in [1.807, 2.05) is 46.8 Å². The third-order valence-electron chi connectivity index (χ3n) is 5.47. The molecule has 0 bridgehead atoms. The molecule has 0 spiro atoms. The molecule has 1 fully saturated rings. The highest BCUT2D eigenvalue weighted by atomic mass is 16.2. The highest BCUT2D eigenvalue weighted by Crippen LogP contribution is 2.32. The van der Waals surface area contributed by atoms with Crippen LogP contribution in [-0.4, -0.2) is 57.6 Å². The molecule has 3 heterocycles. The first-order valence-electron chi connectivity index (χ1n) is 9.03. The molecule has 26 heavy (non-hydrogen) atoms. The van der Waals surface area contributed by atoms with Crippen molar-refractivity contribution in [2.24, 2.45) is 7.05 Å². The molecule has 1 aliphatic rings. The van der Waals surface area contributed by atoms with Crippen LogP contribution in [0.3, 0.4) is 0 Å². The normalized spacial score (nSPS) is 17.4. The molecule has 0 radical (unpaired) electrons. The zero-order valence-corrected chi connectivity index (χ0v) is 15.7. The lowest BCUT2D eigenvalue weighted by Crippen LogP contribution is -2.37. The van der Waals surface area contributed by atoms with Crippen molar-refractivity contribution in [1.29, 1.82) is 0 Å². The van der Waals surface area contributed by atoms with E-state index in [-0.39, 0.29) is 18.0 Å². The lowest BCUT2D eigenvalue weighted by Gasteiger charge is -2.23. The van der Waals surface area contributed by atoms with Gasteiger partial charge in [0.25, 0.3) is 5.91 Å². The maximum atomic E-state index is 13.2. The molecule has 0 saturated carbocycles. The summed E-state index contributed by atoms with van der Waals surface area (Å²) in [5, 5.41) is 0.980. The minimum atomic E-state index is -0.202. The number of fused-ring (bicyclic) bond motifs is 3. The van der Waals surface area contributed by atoms with Gasteiger partial charge < -0.3 is 14.4 Å². The van der Waals surface area contributed by atoms with E-state index < -0.39 is 0 Å². The monoisotopic (exact) mass is 352 g/mol. The number of aromatic nitrogens is 2. The van der Waals surface area contributed by atoms with E-state index in [2.05, 4.69) is 6.92 Å². The summed E-state index contributed by atoms with van der Waals surface area (Å²) < 4.78 is 3.64. The number of amides is 2. The number of likely N-dealkylation sites (tertiary alicyclic amines) is 1. The molecule has 1 aromatic carbocycles. The summed E-state index contributed by atoms with van der Waals surface area (Å²) in [6.45, 7) is 2.82. The Morgan fingerprint density at radius 2 is 1.88 bits per heavy atom. The van der Waals surface area contributed by atoms with Crippen molar-refractivity contribution in [1.82, 2.24) is 18.9 Å². The van der Waals surface area contributed by atoms with Gasteiger partial charge >= 0.3 is 6.03 Å². The van der Waals surface area contributed by atoms with Crippen LogP contribution in [0.5, 0.6) is 0 Å². The van der Waals surface area contributed by atoms with Crippen LogP contribution < -0.4 is 0 Å². The number of hydrogen-bond acceptors (Lipinski definition) is 2.